The summed E-state index contributed by atoms with van der Waals surface area (Å²) in [5.41, 5.74) is 6.87. The second-order valence-electron chi connectivity index (χ2n) is 6.05. The third kappa shape index (κ3) is 4.61. The topological polar surface area (TPSA) is 64.7 Å². The summed E-state index contributed by atoms with van der Waals surface area (Å²) in [6, 6.07) is 5.65. The lowest BCUT2D eigenvalue weighted by molar-refractivity contribution is 0.0842. The largest absolute Gasteiger partial charge is 0.493 e. The molecule has 4 nitrogen and oxygen atoms in total. The Hall–Kier alpha value is -1.26. The number of hydrogen-bond acceptors (Lipinski definition) is 4. The number of nitrogens with two attached hydrogens (primary N) is 1. The van der Waals surface area contributed by atoms with Crippen molar-refractivity contribution in [2.75, 3.05) is 13.7 Å². The zero-order chi connectivity index (χ0) is 15.2. The molecule has 0 saturated heterocycles. The van der Waals surface area contributed by atoms with Gasteiger partial charge in [0.25, 0.3) is 0 Å². The van der Waals surface area contributed by atoms with Crippen LogP contribution in [0.4, 0.5) is 0 Å². The van der Waals surface area contributed by atoms with E-state index in [1.54, 1.807) is 7.11 Å². The van der Waals surface area contributed by atoms with E-state index in [4.69, 9.17) is 15.2 Å². The maximum Gasteiger partial charge on any atom is 0.161 e. The average molecular weight is 293 g/mol. The van der Waals surface area contributed by atoms with Crippen LogP contribution in [0.1, 0.15) is 50.6 Å². The van der Waals surface area contributed by atoms with Crippen LogP contribution in [-0.4, -0.2) is 24.9 Å². The van der Waals surface area contributed by atoms with Crippen LogP contribution in [0.2, 0.25) is 0 Å². The molecule has 4 heteroatoms. The fourth-order valence-electron chi connectivity index (χ4n) is 2.97. The molecule has 1 aromatic carbocycles. The van der Waals surface area contributed by atoms with Crippen molar-refractivity contribution >= 4 is 0 Å². The van der Waals surface area contributed by atoms with Gasteiger partial charge in [-0.15, -0.1) is 0 Å². The highest BCUT2D eigenvalue weighted by Crippen LogP contribution is 2.31. The Labute approximate surface area is 127 Å². The summed E-state index contributed by atoms with van der Waals surface area (Å²) in [6.07, 6.45) is 5.49. The van der Waals surface area contributed by atoms with Gasteiger partial charge in [-0.3, -0.25) is 0 Å². The predicted octanol–water partition coefficient (Wildman–Crippen LogP) is 3.03. The third-order valence-electron chi connectivity index (χ3n) is 4.22. The number of aliphatic hydroxyl groups excluding tert-OH is 1. The molecule has 0 bridgehead atoms. The summed E-state index contributed by atoms with van der Waals surface area (Å²) >= 11 is 0. The van der Waals surface area contributed by atoms with Crippen LogP contribution in [0.3, 0.4) is 0 Å². The Morgan fingerprint density at radius 1 is 1.29 bits per heavy atom. The molecule has 1 aliphatic carbocycles. The Balaban J connectivity index is 1.89. The van der Waals surface area contributed by atoms with Crippen molar-refractivity contribution in [2.45, 2.75) is 51.2 Å². The molecule has 0 heterocycles. The first-order chi connectivity index (χ1) is 10.1. The van der Waals surface area contributed by atoms with Gasteiger partial charge < -0.3 is 20.3 Å². The number of aliphatic hydroxyl groups is 1. The molecule has 1 saturated carbocycles. The maximum absolute atomic E-state index is 10.1. The molecule has 1 fully saturated rings. The van der Waals surface area contributed by atoms with Crippen LogP contribution in [-0.2, 0) is 0 Å². The highest BCUT2D eigenvalue weighted by molar-refractivity contribution is 5.43. The molecule has 0 radical (unpaired) electrons. The molecular formula is C17H27NO3. The van der Waals surface area contributed by atoms with Gasteiger partial charge in [0.05, 0.1) is 13.2 Å². The van der Waals surface area contributed by atoms with Crippen molar-refractivity contribution in [3.05, 3.63) is 23.8 Å². The van der Waals surface area contributed by atoms with Gasteiger partial charge in [-0.05, 0) is 37.0 Å². The number of rotatable bonds is 7. The van der Waals surface area contributed by atoms with E-state index in [2.05, 4.69) is 0 Å². The minimum Gasteiger partial charge on any atom is -0.493 e. The van der Waals surface area contributed by atoms with E-state index in [0.717, 1.165) is 12.0 Å². The molecule has 1 aromatic rings. The lowest BCUT2D eigenvalue weighted by Crippen LogP contribution is -2.20. The lowest BCUT2D eigenvalue weighted by atomic mass is 10.0. The van der Waals surface area contributed by atoms with Crippen molar-refractivity contribution in [3.8, 4) is 11.5 Å². The van der Waals surface area contributed by atoms with Crippen LogP contribution in [0.5, 0.6) is 11.5 Å². The normalized spacial score (nSPS) is 18.5. The molecule has 3 N–H and O–H groups in total. The second-order valence-corrected chi connectivity index (χ2v) is 6.05. The molecule has 0 aromatic heterocycles. The van der Waals surface area contributed by atoms with Crippen molar-refractivity contribution in [1.82, 2.24) is 0 Å². The standard InChI is InChI=1S/C17H27NO3/c1-12(18)14-7-8-16(17(10-14)20-2)21-11-15(19)9-13-5-3-4-6-13/h7-8,10,12-13,15,19H,3-6,9,11,18H2,1-2H3. The molecule has 1 aliphatic rings. The van der Waals surface area contributed by atoms with Crippen LogP contribution in [0.25, 0.3) is 0 Å². The van der Waals surface area contributed by atoms with Gasteiger partial charge in [0.1, 0.15) is 6.61 Å². The SMILES string of the molecule is COc1cc(C(C)N)ccc1OCC(O)CC1CCCC1. The molecule has 118 valence electrons. The molecular weight excluding hydrogens is 266 g/mol. The first kappa shape index (κ1) is 16.1. The average Bonchev–Trinajstić information content (AvgIpc) is 2.97. The second kappa shape index (κ2) is 7.66. The smallest absolute Gasteiger partial charge is 0.161 e. The highest BCUT2D eigenvalue weighted by atomic mass is 16.5. The van der Waals surface area contributed by atoms with E-state index in [1.165, 1.54) is 25.7 Å². The van der Waals surface area contributed by atoms with E-state index >= 15 is 0 Å². The van der Waals surface area contributed by atoms with Gasteiger partial charge in [0.2, 0.25) is 0 Å². The summed E-state index contributed by atoms with van der Waals surface area (Å²) in [6.45, 7) is 2.24. The summed E-state index contributed by atoms with van der Waals surface area (Å²) in [5.74, 6) is 1.98. The van der Waals surface area contributed by atoms with E-state index in [9.17, 15) is 5.11 Å². The molecule has 0 spiro atoms. The Kier molecular flexibility index (Phi) is 5.88. The van der Waals surface area contributed by atoms with Crippen molar-refractivity contribution in [3.63, 3.8) is 0 Å². The Bertz CT molecular complexity index is 442. The van der Waals surface area contributed by atoms with E-state index in [1.807, 2.05) is 25.1 Å². The highest BCUT2D eigenvalue weighted by Gasteiger charge is 2.19. The van der Waals surface area contributed by atoms with Crippen molar-refractivity contribution in [1.29, 1.82) is 0 Å². The summed E-state index contributed by atoms with van der Waals surface area (Å²) in [7, 11) is 1.61. The minimum atomic E-state index is -0.411. The zero-order valence-electron chi connectivity index (χ0n) is 13.0. The van der Waals surface area contributed by atoms with Gasteiger partial charge in [-0.25, -0.2) is 0 Å². The van der Waals surface area contributed by atoms with E-state index in [0.29, 0.717) is 24.0 Å². The number of methoxy groups -OCH3 is 1. The summed E-state index contributed by atoms with van der Waals surface area (Å²) < 4.78 is 11.1. The van der Waals surface area contributed by atoms with Crippen LogP contribution in [0.15, 0.2) is 18.2 Å². The first-order valence-corrected chi connectivity index (χ1v) is 7.84. The quantitative estimate of drug-likeness (QED) is 0.811. The fourth-order valence-corrected chi connectivity index (χ4v) is 2.97. The van der Waals surface area contributed by atoms with Crippen molar-refractivity contribution in [2.24, 2.45) is 11.7 Å². The van der Waals surface area contributed by atoms with Crippen molar-refractivity contribution < 1.29 is 14.6 Å². The molecule has 2 rings (SSSR count). The van der Waals surface area contributed by atoms with Gasteiger partial charge in [-0.1, -0.05) is 31.7 Å². The number of ether oxygens (including phenoxy) is 2. The molecule has 21 heavy (non-hydrogen) atoms. The van der Waals surface area contributed by atoms with E-state index in [-0.39, 0.29) is 6.04 Å². The predicted molar refractivity (Wildman–Crippen MR) is 83.7 cm³/mol. The lowest BCUT2D eigenvalue weighted by Gasteiger charge is -2.18. The minimum absolute atomic E-state index is 0.0408. The molecule has 2 unspecified atom stereocenters. The van der Waals surface area contributed by atoms with Crippen LogP contribution >= 0.6 is 0 Å². The monoisotopic (exact) mass is 293 g/mol. The number of benzene rings is 1. The van der Waals surface area contributed by atoms with Crippen LogP contribution in [0, 0.1) is 5.92 Å². The zero-order valence-corrected chi connectivity index (χ0v) is 13.0. The van der Waals surface area contributed by atoms with Gasteiger partial charge >= 0.3 is 0 Å². The molecule has 2 atom stereocenters. The Morgan fingerprint density at radius 2 is 2.00 bits per heavy atom. The van der Waals surface area contributed by atoms with E-state index < -0.39 is 6.10 Å². The van der Waals surface area contributed by atoms with Gasteiger partial charge in [0, 0.05) is 6.04 Å². The number of hydrogen-bond donors (Lipinski definition) is 2. The fraction of sp³-hybridized carbons (Fsp3) is 0.647. The first-order valence-electron chi connectivity index (χ1n) is 7.84. The van der Waals surface area contributed by atoms with Gasteiger partial charge in [0.15, 0.2) is 11.5 Å². The Morgan fingerprint density at radius 3 is 2.62 bits per heavy atom. The third-order valence-corrected chi connectivity index (χ3v) is 4.22. The molecule has 0 amide bonds. The maximum atomic E-state index is 10.1. The van der Waals surface area contributed by atoms with Gasteiger partial charge in [-0.2, -0.15) is 0 Å². The summed E-state index contributed by atoms with van der Waals surface area (Å²) in [5, 5.41) is 10.1. The summed E-state index contributed by atoms with van der Waals surface area (Å²) in [4.78, 5) is 0. The van der Waals surface area contributed by atoms with Crippen LogP contribution < -0.4 is 15.2 Å². The molecule has 0 aliphatic heterocycles.